The first kappa shape index (κ1) is 19.7. The summed E-state index contributed by atoms with van der Waals surface area (Å²) in [6.45, 7) is 0.547. The van der Waals surface area contributed by atoms with Crippen molar-refractivity contribution < 1.29 is 4.79 Å². The van der Waals surface area contributed by atoms with Gasteiger partial charge in [0.25, 0.3) is 0 Å². The number of carbonyl (C=O) groups is 1. The molecule has 1 fully saturated rings. The molecular weight excluding hydrogens is 408 g/mol. The lowest BCUT2D eigenvalue weighted by molar-refractivity contribution is -0.126. The molecule has 31 heavy (non-hydrogen) atoms. The Bertz CT molecular complexity index is 1110. The highest BCUT2D eigenvalue weighted by atomic mass is 32.1. The minimum atomic E-state index is 0.0778. The molecule has 0 spiro atoms. The van der Waals surface area contributed by atoms with E-state index >= 15 is 0 Å². The quantitative estimate of drug-likeness (QED) is 0.421. The fourth-order valence-electron chi connectivity index (χ4n) is 4.13. The van der Waals surface area contributed by atoms with Gasteiger partial charge in [0.1, 0.15) is 5.69 Å². The van der Waals surface area contributed by atoms with Gasteiger partial charge in [-0.25, -0.2) is 4.98 Å². The number of H-pyrrole nitrogens is 1. The summed E-state index contributed by atoms with van der Waals surface area (Å²) in [7, 11) is 0. The van der Waals surface area contributed by atoms with Crippen molar-refractivity contribution in [3.63, 3.8) is 0 Å². The van der Waals surface area contributed by atoms with Crippen LogP contribution in [0.1, 0.15) is 31.2 Å². The van der Waals surface area contributed by atoms with E-state index < -0.39 is 0 Å². The number of carbonyl (C=O) groups excluding carboxylic acids is 1. The van der Waals surface area contributed by atoms with Crippen LogP contribution in [0.4, 0.5) is 5.95 Å². The number of rotatable bonds is 6. The normalized spacial score (nSPS) is 18.7. The highest BCUT2D eigenvalue weighted by Crippen LogP contribution is 2.27. The molecule has 0 aliphatic heterocycles. The Morgan fingerprint density at radius 2 is 1.87 bits per heavy atom. The lowest BCUT2D eigenvalue weighted by Crippen LogP contribution is -2.35. The second-order valence-corrected chi connectivity index (χ2v) is 8.61. The van der Waals surface area contributed by atoms with E-state index in [4.69, 9.17) is 0 Å². The van der Waals surface area contributed by atoms with Gasteiger partial charge in [-0.3, -0.25) is 4.79 Å². The average molecular weight is 433 g/mol. The van der Waals surface area contributed by atoms with Crippen LogP contribution in [-0.2, 0) is 11.3 Å². The first-order chi connectivity index (χ1) is 15.2. The topological polar surface area (TPSA) is 95.6 Å². The number of imidazole rings is 1. The Morgan fingerprint density at radius 1 is 1.06 bits per heavy atom. The predicted molar refractivity (Wildman–Crippen MR) is 123 cm³/mol. The number of nitrogens with one attached hydrogen (secondary N) is 3. The Labute approximate surface area is 184 Å². The van der Waals surface area contributed by atoms with Gasteiger partial charge in [0.05, 0.1) is 11.0 Å². The van der Waals surface area contributed by atoms with Crippen LogP contribution in [0.5, 0.6) is 0 Å². The molecule has 0 bridgehead atoms. The molecule has 8 heteroatoms. The molecule has 1 amide bonds. The molecule has 5 rings (SSSR count). The van der Waals surface area contributed by atoms with E-state index in [0.717, 1.165) is 59.5 Å². The number of hydrogen-bond donors (Lipinski definition) is 3. The smallest absolute Gasteiger partial charge is 0.223 e. The van der Waals surface area contributed by atoms with Crippen molar-refractivity contribution in [2.75, 3.05) is 5.32 Å². The van der Waals surface area contributed by atoms with Crippen molar-refractivity contribution in [2.24, 2.45) is 5.92 Å². The second-order valence-electron chi connectivity index (χ2n) is 8.00. The SMILES string of the molecule is O=C(NCc1ccc(-c2csnn2)cc1)[C@H]1CC[C@H](Nc2nc3ccccc3[nH]2)CC1. The Balaban J connectivity index is 1.09. The molecule has 1 aliphatic carbocycles. The number of fused-ring (bicyclic) bond motifs is 1. The zero-order chi connectivity index (χ0) is 21.0. The molecule has 3 N–H and O–H groups in total. The molecule has 1 aliphatic rings. The molecule has 2 aromatic heterocycles. The van der Waals surface area contributed by atoms with Crippen LogP contribution in [0.25, 0.3) is 22.3 Å². The number of aromatic amines is 1. The number of para-hydroxylation sites is 2. The summed E-state index contributed by atoms with van der Waals surface area (Å²) in [5, 5.41) is 12.6. The van der Waals surface area contributed by atoms with Crippen molar-refractivity contribution in [2.45, 2.75) is 38.3 Å². The van der Waals surface area contributed by atoms with Gasteiger partial charge in [0.15, 0.2) is 0 Å². The van der Waals surface area contributed by atoms with Gasteiger partial charge in [0.2, 0.25) is 11.9 Å². The largest absolute Gasteiger partial charge is 0.353 e. The van der Waals surface area contributed by atoms with Crippen LogP contribution in [0.3, 0.4) is 0 Å². The van der Waals surface area contributed by atoms with Gasteiger partial charge >= 0.3 is 0 Å². The van der Waals surface area contributed by atoms with Crippen molar-refractivity contribution in [3.05, 3.63) is 59.5 Å². The number of benzene rings is 2. The third kappa shape index (κ3) is 4.59. The maximum atomic E-state index is 12.6. The van der Waals surface area contributed by atoms with E-state index in [-0.39, 0.29) is 11.8 Å². The van der Waals surface area contributed by atoms with E-state index in [1.54, 1.807) is 0 Å². The van der Waals surface area contributed by atoms with Gasteiger partial charge in [-0.05, 0) is 54.9 Å². The van der Waals surface area contributed by atoms with Crippen molar-refractivity contribution in [3.8, 4) is 11.3 Å². The van der Waals surface area contributed by atoms with E-state index in [2.05, 4.69) is 30.2 Å². The standard InChI is InChI=1S/C23H24N6OS/c30-22(24-13-15-5-7-16(8-6-15)21-14-31-29-28-21)17-9-11-18(12-10-17)25-23-26-19-3-1-2-4-20(19)27-23/h1-8,14,17-18H,9-13H2,(H,24,30)(H2,25,26,27)/t17-,18-. The number of anilines is 1. The fourth-order valence-corrected chi connectivity index (χ4v) is 4.60. The van der Waals surface area contributed by atoms with Crippen molar-refractivity contribution in [1.82, 2.24) is 24.9 Å². The van der Waals surface area contributed by atoms with Crippen LogP contribution < -0.4 is 10.6 Å². The van der Waals surface area contributed by atoms with E-state index in [9.17, 15) is 4.79 Å². The molecule has 158 valence electrons. The van der Waals surface area contributed by atoms with Crippen LogP contribution >= 0.6 is 11.5 Å². The minimum Gasteiger partial charge on any atom is -0.353 e. The third-order valence-electron chi connectivity index (χ3n) is 5.90. The zero-order valence-corrected chi connectivity index (χ0v) is 17.9. The monoisotopic (exact) mass is 432 g/mol. The van der Waals surface area contributed by atoms with Gasteiger partial charge in [-0.1, -0.05) is 40.9 Å². The lowest BCUT2D eigenvalue weighted by Gasteiger charge is -2.28. The number of amides is 1. The average Bonchev–Trinajstić information content (AvgIpc) is 3.48. The molecule has 1 saturated carbocycles. The minimum absolute atomic E-state index is 0.0778. The summed E-state index contributed by atoms with van der Waals surface area (Å²) in [6, 6.07) is 16.5. The summed E-state index contributed by atoms with van der Waals surface area (Å²) in [6.07, 6.45) is 3.70. The summed E-state index contributed by atoms with van der Waals surface area (Å²) in [5.74, 6) is 1.04. The molecule has 0 atom stereocenters. The molecule has 7 nitrogen and oxygen atoms in total. The first-order valence-corrected chi connectivity index (χ1v) is 11.4. The fraction of sp³-hybridized carbons (Fsp3) is 0.304. The second kappa shape index (κ2) is 8.85. The number of nitrogens with zero attached hydrogens (tertiary/aromatic N) is 3. The van der Waals surface area contributed by atoms with E-state index in [1.807, 2.05) is 53.9 Å². The van der Waals surface area contributed by atoms with Crippen molar-refractivity contribution >= 4 is 34.4 Å². The third-order valence-corrected chi connectivity index (χ3v) is 6.41. The van der Waals surface area contributed by atoms with Crippen LogP contribution in [0.2, 0.25) is 0 Å². The summed E-state index contributed by atoms with van der Waals surface area (Å²) in [4.78, 5) is 20.6. The highest BCUT2D eigenvalue weighted by Gasteiger charge is 2.26. The molecule has 4 aromatic rings. The van der Waals surface area contributed by atoms with Gasteiger partial charge < -0.3 is 15.6 Å². The maximum absolute atomic E-state index is 12.6. The highest BCUT2D eigenvalue weighted by molar-refractivity contribution is 7.03. The molecule has 0 unspecified atom stereocenters. The molecule has 0 radical (unpaired) electrons. The Kier molecular flexibility index (Phi) is 5.62. The van der Waals surface area contributed by atoms with Gasteiger partial charge in [-0.2, -0.15) is 0 Å². The van der Waals surface area contributed by atoms with E-state index in [1.165, 1.54) is 11.5 Å². The molecular formula is C23H24N6OS. The Morgan fingerprint density at radius 3 is 2.61 bits per heavy atom. The molecule has 2 heterocycles. The first-order valence-electron chi connectivity index (χ1n) is 10.6. The van der Waals surface area contributed by atoms with Gasteiger partial charge in [-0.15, -0.1) is 5.10 Å². The predicted octanol–water partition coefficient (Wildman–Crippen LogP) is 4.37. The summed E-state index contributed by atoms with van der Waals surface area (Å²) in [5.41, 5.74) is 5.01. The molecule has 0 saturated heterocycles. The zero-order valence-electron chi connectivity index (χ0n) is 17.0. The number of aromatic nitrogens is 4. The lowest BCUT2D eigenvalue weighted by atomic mass is 9.85. The van der Waals surface area contributed by atoms with E-state index in [0.29, 0.717) is 12.6 Å². The summed E-state index contributed by atoms with van der Waals surface area (Å²) < 4.78 is 3.90. The summed E-state index contributed by atoms with van der Waals surface area (Å²) >= 11 is 1.34. The van der Waals surface area contributed by atoms with Crippen molar-refractivity contribution in [1.29, 1.82) is 0 Å². The maximum Gasteiger partial charge on any atom is 0.223 e. The van der Waals surface area contributed by atoms with Crippen LogP contribution in [0, 0.1) is 5.92 Å². The van der Waals surface area contributed by atoms with Crippen LogP contribution in [0.15, 0.2) is 53.9 Å². The molecule has 2 aromatic carbocycles. The van der Waals surface area contributed by atoms with Crippen LogP contribution in [-0.4, -0.2) is 31.5 Å². The van der Waals surface area contributed by atoms with Gasteiger partial charge in [0, 0.05) is 29.4 Å². The Hall–Kier alpha value is -3.26. The number of hydrogen-bond acceptors (Lipinski definition) is 6.